The van der Waals surface area contributed by atoms with Crippen LogP contribution in [0.1, 0.15) is 44.2 Å². The average molecular weight is 417 g/mol. The van der Waals surface area contributed by atoms with Crippen molar-refractivity contribution < 1.29 is 9.59 Å². The van der Waals surface area contributed by atoms with Gasteiger partial charge in [0.15, 0.2) is 0 Å². The highest BCUT2D eigenvalue weighted by Gasteiger charge is 2.30. The molecule has 1 saturated carbocycles. The number of aromatic amines is 1. The van der Waals surface area contributed by atoms with Crippen LogP contribution < -0.4 is 5.32 Å². The molecule has 1 aliphatic carbocycles. The van der Waals surface area contributed by atoms with E-state index in [0.717, 1.165) is 36.0 Å². The van der Waals surface area contributed by atoms with Gasteiger partial charge in [0.25, 0.3) is 0 Å². The highest BCUT2D eigenvalue weighted by molar-refractivity contribution is 6.31. The van der Waals surface area contributed by atoms with Crippen molar-refractivity contribution in [2.24, 2.45) is 5.92 Å². The summed E-state index contributed by atoms with van der Waals surface area (Å²) in [5, 5.41) is 4.71. The Bertz CT molecular complexity index is 892. The first-order valence-corrected chi connectivity index (χ1v) is 10.9. The molecule has 1 saturated heterocycles. The van der Waals surface area contributed by atoms with Crippen molar-refractivity contribution in [2.45, 2.75) is 51.1 Å². The fourth-order valence-electron chi connectivity index (χ4n) is 4.29. The minimum absolute atomic E-state index is 0.0654. The van der Waals surface area contributed by atoms with Crippen molar-refractivity contribution in [2.75, 3.05) is 20.1 Å². The van der Waals surface area contributed by atoms with E-state index in [1.807, 2.05) is 36.2 Å². The summed E-state index contributed by atoms with van der Waals surface area (Å²) in [4.78, 5) is 32.2. The van der Waals surface area contributed by atoms with Crippen LogP contribution in [-0.2, 0) is 11.3 Å². The number of aromatic nitrogens is 1. The zero-order valence-electron chi connectivity index (χ0n) is 16.9. The van der Waals surface area contributed by atoms with E-state index in [4.69, 9.17) is 11.6 Å². The van der Waals surface area contributed by atoms with Crippen LogP contribution in [0.4, 0.5) is 4.79 Å². The first-order valence-electron chi connectivity index (χ1n) is 10.5. The van der Waals surface area contributed by atoms with E-state index in [0.29, 0.717) is 30.5 Å². The highest BCUT2D eigenvalue weighted by Crippen LogP contribution is 2.30. The first-order chi connectivity index (χ1) is 14.0. The summed E-state index contributed by atoms with van der Waals surface area (Å²) in [7, 11) is 1.82. The third kappa shape index (κ3) is 4.69. The average Bonchev–Trinajstić information content (AvgIpc) is 3.10. The van der Waals surface area contributed by atoms with Crippen molar-refractivity contribution in [3.05, 3.63) is 35.0 Å². The summed E-state index contributed by atoms with van der Waals surface area (Å²) in [6, 6.07) is 7.64. The number of piperidine rings is 1. The summed E-state index contributed by atoms with van der Waals surface area (Å²) >= 11 is 6.04. The molecule has 1 aromatic carbocycles. The summed E-state index contributed by atoms with van der Waals surface area (Å²) in [6.07, 6.45) is 6.18. The highest BCUT2D eigenvalue weighted by atomic mass is 35.5. The molecular formula is C22H29ClN4O2. The lowest BCUT2D eigenvalue weighted by Gasteiger charge is -2.38. The number of nitrogens with one attached hydrogen (secondary N) is 2. The lowest BCUT2D eigenvalue weighted by atomic mass is 9.82. The van der Waals surface area contributed by atoms with Crippen molar-refractivity contribution >= 4 is 34.4 Å². The molecule has 0 unspecified atom stereocenters. The van der Waals surface area contributed by atoms with Gasteiger partial charge >= 0.3 is 6.03 Å². The number of likely N-dealkylation sites (N-methyl/N-ethyl adjacent to an activating group) is 1. The molecule has 2 aromatic rings. The van der Waals surface area contributed by atoms with Gasteiger partial charge in [-0.05, 0) is 55.9 Å². The van der Waals surface area contributed by atoms with Gasteiger partial charge in [-0.2, -0.15) is 0 Å². The lowest BCUT2D eigenvalue weighted by molar-refractivity contribution is -0.134. The van der Waals surface area contributed by atoms with E-state index in [1.165, 1.54) is 19.3 Å². The van der Waals surface area contributed by atoms with Crippen molar-refractivity contribution in [3.63, 3.8) is 0 Å². The number of hydrogen-bond acceptors (Lipinski definition) is 2. The molecule has 1 aromatic heterocycles. The zero-order chi connectivity index (χ0) is 20.4. The Morgan fingerprint density at radius 2 is 2.07 bits per heavy atom. The Balaban J connectivity index is 1.29. The Hall–Kier alpha value is -2.21. The quantitative estimate of drug-likeness (QED) is 0.768. The number of hydrogen-bond donors (Lipinski definition) is 2. The number of likely N-dealkylation sites (tertiary alicyclic amines) is 1. The normalized spacial score (nSPS) is 19.8. The van der Waals surface area contributed by atoms with Gasteiger partial charge in [0.05, 0.1) is 12.6 Å². The van der Waals surface area contributed by atoms with E-state index in [9.17, 15) is 9.59 Å². The predicted octanol–water partition coefficient (Wildman–Crippen LogP) is 4.14. The number of halogens is 1. The van der Waals surface area contributed by atoms with Gasteiger partial charge in [-0.3, -0.25) is 4.79 Å². The van der Waals surface area contributed by atoms with Crippen molar-refractivity contribution in [1.82, 2.24) is 20.1 Å². The second kappa shape index (κ2) is 8.66. The molecule has 0 radical (unpaired) electrons. The number of urea groups is 1. The Morgan fingerprint density at radius 1 is 1.24 bits per heavy atom. The summed E-state index contributed by atoms with van der Waals surface area (Å²) < 4.78 is 0. The topological polar surface area (TPSA) is 68.4 Å². The van der Waals surface area contributed by atoms with Crippen LogP contribution in [0.15, 0.2) is 24.3 Å². The molecule has 1 aliphatic heterocycles. The number of benzene rings is 1. The Kier molecular flexibility index (Phi) is 5.99. The number of amides is 3. The third-order valence-corrected chi connectivity index (χ3v) is 6.61. The molecule has 4 rings (SSSR count). The second-order valence-electron chi connectivity index (χ2n) is 8.43. The monoisotopic (exact) mass is 416 g/mol. The van der Waals surface area contributed by atoms with E-state index in [1.54, 1.807) is 4.90 Å². The fourth-order valence-corrected chi connectivity index (χ4v) is 4.47. The Morgan fingerprint density at radius 3 is 2.83 bits per heavy atom. The summed E-state index contributed by atoms with van der Waals surface area (Å²) in [5.74, 6) is 0.833. The smallest absolute Gasteiger partial charge is 0.317 e. The van der Waals surface area contributed by atoms with E-state index in [2.05, 4.69) is 10.3 Å². The molecule has 2 fully saturated rings. The van der Waals surface area contributed by atoms with E-state index in [-0.39, 0.29) is 18.0 Å². The maximum absolute atomic E-state index is 12.7. The van der Waals surface area contributed by atoms with Gasteiger partial charge in [-0.25, -0.2) is 4.79 Å². The number of carbonyl (C=O) groups excluding carboxylic acids is 2. The molecule has 29 heavy (non-hydrogen) atoms. The maximum Gasteiger partial charge on any atom is 0.317 e. The summed E-state index contributed by atoms with van der Waals surface area (Å²) in [6.45, 7) is 1.88. The van der Waals surface area contributed by atoms with Crippen LogP contribution in [0.25, 0.3) is 10.9 Å². The lowest BCUT2D eigenvalue weighted by Crippen LogP contribution is -2.52. The largest absolute Gasteiger partial charge is 0.357 e. The van der Waals surface area contributed by atoms with Crippen LogP contribution in [0, 0.1) is 5.92 Å². The van der Waals surface area contributed by atoms with Gasteiger partial charge in [-0.15, -0.1) is 0 Å². The number of H-pyrrole nitrogens is 1. The van der Waals surface area contributed by atoms with Gasteiger partial charge in [0.1, 0.15) is 0 Å². The van der Waals surface area contributed by atoms with Crippen LogP contribution in [0.2, 0.25) is 5.02 Å². The Labute approximate surface area is 176 Å². The molecule has 156 valence electrons. The fraction of sp³-hybridized carbons (Fsp3) is 0.545. The van der Waals surface area contributed by atoms with Gasteiger partial charge in [-0.1, -0.05) is 18.0 Å². The van der Waals surface area contributed by atoms with Gasteiger partial charge < -0.3 is 20.1 Å². The minimum atomic E-state index is -0.111. The minimum Gasteiger partial charge on any atom is -0.357 e. The number of rotatable bonds is 5. The van der Waals surface area contributed by atoms with Crippen LogP contribution in [0.3, 0.4) is 0 Å². The third-order valence-electron chi connectivity index (χ3n) is 6.37. The molecule has 0 bridgehead atoms. The van der Waals surface area contributed by atoms with Crippen molar-refractivity contribution in [1.29, 1.82) is 0 Å². The van der Waals surface area contributed by atoms with Crippen LogP contribution >= 0.6 is 11.6 Å². The molecule has 7 heteroatoms. The predicted molar refractivity (Wildman–Crippen MR) is 115 cm³/mol. The standard InChI is InChI=1S/C22H29ClN4O2/c1-26(19-6-3-9-27(14-19)21(28)10-15-4-2-5-15)22(29)24-13-18-12-16-11-17(23)7-8-20(16)25-18/h7-8,11-12,15,19,25H,2-6,9-10,13-14H2,1H3,(H,24,29)/t19-/m1/s1. The summed E-state index contributed by atoms with van der Waals surface area (Å²) in [5.41, 5.74) is 1.94. The molecule has 2 aliphatic rings. The molecule has 2 heterocycles. The second-order valence-corrected chi connectivity index (χ2v) is 8.87. The first kappa shape index (κ1) is 20.1. The SMILES string of the molecule is CN(C(=O)NCc1cc2cc(Cl)ccc2[nH]1)[C@@H]1CCCN(C(=O)CC2CCC2)C1. The van der Waals surface area contributed by atoms with Gasteiger partial charge in [0.2, 0.25) is 5.91 Å². The number of fused-ring (bicyclic) bond motifs is 1. The molecule has 6 nitrogen and oxygen atoms in total. The van der Waals surface area contributed by atoms with E-state index >= 15 is 0 Å². The number of nitrogens with zero attached hydrogens (tertiary/aromatic N) is 2. The van der Waals surface area contributed by atoms with Crippen LogP contribution in [0.5, 0.6) is 0 Å². The van der Waals surface area contributed by atoms with Crippen LogP contribution in [-0.4, -0.2) is 52.9 Å². The van der Waals surface area contributed by atoms with Crippen molar-refractivity contribution in [3.8, 4) is 0 Å². The maximum atomic E-state index is 12.7. The molecule has 3 amide bonds. The molecule has 2 N–H and O–H groups in total. The van der Waals surface area contributed by atoms with Gasteiger partial charge in [0, 0.05) is 48.2 Å². The zero-order valence-corrected chi connectivity index (χ0v) is 17.7. The number of carbonyl (C=O) groups is 2. The molecule has 1 atom stereocenters. The molecule has 0 spiro atoms. The molecular weight excluding hydrogens is 388 g/mol. The van der Waals surface area contributed by atoms with E-state index < -0.39 is 0 Å².